The highest BCUT2D eigenvalue weighted by Crippen LogP contribution is 2.30. The van der Waals surface area contributed by atoms with Gasteiger partial charge < -0.3 is 10.4 Å². The lowest BCUT2D eigenvalue weighted by Crippen LogP contribution is -2.43. The van der Waals surface area contributed by atoms with E-state index in [0.717, 1.165) is 28.5 Å². The quantitative estimate of drug-likeness (QED) is 0.608. The summed E-state index contributed by atoms with van der Waals surface area (Å²) < 4.78 is 2.39. The molecule has 1 aromatic carbocycles. The predicted molar refractivity (Wildman–Crippen MR) is 84.1 cm³/mol. The van der Waals surface area contributed by atoms with Crippen LogP contribution in [0.3, 0.4) is 0 Å². The van der Waals surface area contributed by atoms with E-state index in [2.05, 4.69) is 35.4 Å². The number of fused-ring (bicyclic) bond motifs is 1. The topological polar surface area (TPSA) is 45.1 Å². The Kier molecular flexibility index (Phi) is 5.21. The summed E-state index contributed by atoms with van der Waals surface area (Å²) in [6, 6.07) is 8.24. The minimum absolute atomic E-state index is 0.159. The molecule has 3 nitrogen and oxygen atoms in total. The Balaban J connectivity index is 1.83. The molecule has 0 bridgehead atoms. The van der Waals surface area contributed by atoms with E-state index in [9.17, 15) is 5.11 Å². The molecule has 5 heteroatoms. The van der Waals surface area contributed by atoms with Crippen molar-refractivity contribution in [1.29, 1.82) is 0 Å². The van der Waals surface area contributed by atoms with Crippen LogP contribution in [0.4, 0.5) is 0 Å². The molecule has 2 rings (SSSR count). The van der Waals surface area contributed by atoms with Gasteiger partial charge in [0.15, 0.2) is 4.34 Å². The first-order valence-corrected chi connectivity index (χ1v) is 8.25. The molecule has 2 N–H and O–H groups in total. The summed E-state index contributed by atoms with van der Waals surface area (Å²) in [5.41, 5.74) is 0.930. The van der Waals surface area contributed by atoms with Crippen molar-refractivity contribution in [3.63, 3.8) is 0 Å². The maximum absolute atomic E-state index is 9.32. The zero-order valence-electron chi connectivity index (χ0n) is 11.3. The molecule has 1 unspecified atom stereocenters. The van der Waals surface area contributed by atoms with Crippen LogP contribution in [0.5, 0.6) is 0 Å². The van der Waals surface area contributed by atoms with Crippen LogP contribution in [0.2, 0.25) is 0 Å². The van der Waals surface area contributed by atoms with E-state index in [1.165, 1.54) is 4.70 Å². The Hall–Kier alpha value is -0.620. The number of thioether (sulfide) groups is 1. The van der Waals surface area contributed by atoms with Gasteiger partial charge in [-0.25, -0.2) is 4.98 Å². The second-order valence-corrected chi connectivity index (χ2v) is 7.24. The predicted octanol–water partition coefficient (Wildman–Crippen LogP) is 3.14. The monoisotopic (exact) mass is 296 g/mol. The third-order valence-corrected chi connectivity index (χ3v) is 5.59. The molecule has 0 aliphatic heterocycles. The Bertz CT molecular complexity index is 490. The fourth-order valence-corrected chi connectivity index (χ4v) is 3.90. The van der Waals surface area contributed by atoms with Crippen molar-refractivity contribution in [2.45, 2.75) is 29.6 Å². The zero-order valence-corrected chi connectivity index (χ0v) is 13.0. The number of aliphatic hydroxyl groups excluding tert-OH is 1. The normalized spacial score (nSPS) is 14.7. The van der Waals surface area contributed by atoms with Crippen LogP contribution in [0.1, 0.15) is 19.8 Å². The van der Waals surface area contributed by atoms with Crippen LogP contribution in [-0.4, -0.2) is 35.0 Å². The van der Waals surface area contributed by atoms with Gasteiger partial charge in [-0.15, -0.1) is 11.3 Å². The van der Waals surface area contributed by atoms with Gasteiger partial charge in [-0.3, -0.25) is 0 Å². The van der Waals surface area contributed by atoms with Gasteiger partial charge in [0.25, 0.3) is 0 Å². The average molecular weight is 296 g/mol. The largest absolute Gasteiger partial charge is 0.394 e. The van der Waals surface area contributed by atoms with E-state index in [-0.39, 0.29) is 12.1 Å². The molecule has 19 heavy (non-hydrogen) atoms. The third-order valence-electron chi connectivity index (χ3n) is 3.33. The van der Waals surface area contributed by atoms with Crippen LogP contribution < -0.4 is 5.32 Å². The van der Waals surface area contributed by atoms with Gasteiger partial charge in [0.1, 0.15) is 0 Å². The SMILES string of the molecule is CNC(C)(CO)CCCSc1nc2ccccc2s1. The molecule has 1 aromatic heterocycles. The Labute approximate surface area is 122 Å². The molecule has 0 radical (unpaired) electrons. The molecule has 2 aromatic rings. The fourth-order valence-electron chi connectivity index (χ4n) is 1.82. The zero-order chi connectivity index (χ0) is 13.7. The highest BCUT2D eigenvalue weighted by Gasteiger charge is 2.19. The second-order valence-electron chi connectivity index (χ2n) is 4.87. The van der Waals surface area contributed by atoms with Crippen LogP contribution in [-0.2, 0) is 0 Å². The molecule has 0 saturated carbocycles. The summed E-state index contributed by atoms with van der Waals surface area (Å²) >= 11 is 3.56. The molecule has 0 spiro atoms. The van der Waals surface area contributed by atoms with Crippen LogP contribution in [0, 0.1) is 0 Å². The maximum atomic E-state index is 9.32. The first-order valence-electron chi connectivity index (χ1n) is 6.45. The second kappa shape index (κ2) is 6.70. The van der Waals surface area contributed by atoms with Gasteiger partial charge in [-0.05, 0) is 38.9 Å². The lowest BCUT2D eigenvalue weighted by Gasteiger charge is -2.26. The minimum atomic E-state index is -0.159. The number of nitrogens with one attached hydrogen (secondary N) is 1. The van der Waals surface area contributed by atoms with Crippen molar-refractivity contribution in [3.05, 3.63) is 24.3 Å². The van der Waals surface area contributed by atoms with E-state index in [4.69, 9.17) is 0 Å². The number of hydrogen-bond donors (Lipinski definition) is 2. The molecule has 1 heterocycles. The van der Waals surface area contributed by atoms with Crippen molar-refractivity contribution in [2.75, 3.05) is 19.4 Å². The van der Waals surface area contributed by atoms with Gasteiger partial charge >= 0.3 is 0 Å². The Morgan fingerprint density at radius 2 is 2.21 bits per heavy atom. The van der Waals surface area contributed by atoms with Crippen molar-refractivity contribution in [2.24, 2.45) is 0 Å². The molecule has 0 aliphatic rings. The summed E-state index contributed by atoms with van der Waals surface area (Å²) in [5, 5.41) is 12.5. The molecule has 0 aliphatic carbocycles. The minimum Gasteiger partial charge on any atom is -0.394 e. The number of benzene rings is 1. The van der Waals surface area contributed by atoms with Crippen molar-refractivity contribution in [3.8, 4) is 0 Å². The number of aromatic nitrogens is 1. The summed E-state index contributed by atoms with van der Waals surface area (Å²) in [6.07, 6.45) is 2.04. The van der Waals surface area contributed by atoms with Gasteiger partial charge in [0, 0.05) is 11.3 Å². The van der Waals surface area contributed by atoms with Crippen LogP contribution >= 0.6 is 23.1 Å². The molecule has 104 valence electrons. The summed E-state index contributed by atoms with van der Waals surface area (Å²) in [4.78, 5) is 4.60. The van der Waals surface area contributed by atoms with E-state index >= 15 is 0 Å². The number of nitrogens with zero attached hydrogens (tertiary/aromatic N) is 1. The lowest BCUT2D eigenvalue weighted by atomic mass is 9.98. The van der Waals surface area contributed by atoms with Gasteiger partial charge in [0.05, 0.1) is 16.8 Å². The summed E-state index contributed by atoms with van der Waals surface area (Å²) in [5.74, 6) is 1.04. The lowest BCUT2D eigenvalue weighted by molar-refractivity contribution is 0.173. The smallest absolute Gasteiger partial charge is 0.151 e. The average Bonchev–Trinajstić information content (AvgIpc) is 2.86. The summed E-state index contributed by atoms with van der Waals surface area (Å²) in [7, 11) is 1.90. The van der Waals surface area contributed by atoms with E-state index in [0.29, 0.717) is 0 Å². The Morgan fingerprint density at radius 3 is 2.89 bits per heavy atom. The van der Waals surface area contributed by atoms with Crippen LogP contribution in [0.15, 0.2) is 28.6 Å². The maximum Gasteiger partial charge on any atom is 0.151 e. The van der Waals surface area contributed by atoms with E-state index < -0.39 is 0 Å². The molecule has 0 fully saturated rings. The van der Waals surface area contributed by atoms with Gasteiger partial charge in [-0.2, -0.15) is 0 Å². The molecule has 1 atom stereocenters. The number of likely N-dealkylation sites (N-methyl/N-ethyl adjacent to an activating group) is 1. The highest BCUT2D eigenvalue weighted by molar-refractivity contribution is 8.01. The van der Waals surface area contributed by atoms with Crippen molar-refractivity contribution in [1.82, 2.24) is 10.3 Å². The first kappa shape index (κ1) is 14.8. The standard InChI is InChI=1S/C14H20N2OS2/c1-14(10-17,15-2)8-5-9-18-13-16-11-6-3-4-7-12(11)19-13/h3-4,6-7,15,17H,5,8-10H2,1-2H3. The summed E-state index contributed by atoms with van der Waals surface area (Å²) in [6.45, 7) is 2.23. The van der Waals surface area contributed by atoms with Gasteiger partial charge in [-0.1, -0.05) is 23.9 Å². The number of rotatable bonds is 7. The van der Waals surface area contributed by atoms with E-state index in [1.807, 2.05) is 13.1 Å². The van der Waals surface area contributed by atoms with Crippen molar-refractivity contribution < 1.29 is 5.11 Å². The molecular weight excluding hydrogens is 276 g/mol. The first-order chi connectivity index (χ1) is 9.17. The third kappa shape index (κ3) is 3.92. The Morgan fingerprint density at radius 1 is 1.42 bits per heavy atom. The molecular formula is C14H20N2OS2. The fraction of sp³-hybridized carbons (Fsp3) is 0.500. The molecule has 0 saturated heterocycles. The number of para-hydroxylation sites is 1. The van der Waals surface area contributed by atoms with E-state index in [1.54, 1.807) is 23.1 Å². The number of hydrogen-bond acceptors (Lipinski definition) is 5. The highest BCUT2D eigenvalue weighted by atomic mass is 32.2. The van der Waals surface area contributed by atoms with Gasteiger partial charge in [0.2, 0.25) is 0 Å². The van der Waals surface area contributed by atoms with Crippen LogP contribution in [0.25, 0.3) is 10.2 Å². The van der Waals surface area contributed by atoms with Crippen molar-refractivity contribution >= 4 is 33.3 Å². The number of thiazole rings is 1. The molecule has 0 amide bonds. The number of aliphatic hydroxyl groups is 1.